The molecule has 0 atom stereocenters. The molecule has 1 aromatic carbocycles. The van der Waals surface area contributed by atoms with E-state index in [-0.39, 0.29) is 0 Å². The second kappa shape index (κ2) is 4.30. The number of nitrogens with one attached hydrogen (secondary N) is 1. The highest BCUT2D eigenvalue weighted by Gasteiger charge is 2.10. The van der Waals surface area contributed by atoms with Gasteiger partial charge in [-0.1, -0.05) is 37.6 Å². The molecule has 0 bridgehead atoms. The SMILES string of the molecule is CNc1nc2c(Cl)cccc2cc1C(C)C. The van der Waals surface area contributed by atoms with E-state index < -0.39 is 0 Å². The third-order valence-electron chi connectivity index (χ3n) is 2.68. The Labute approximate surface area is 101 Å². The van der Waals surface area contributed by atoms with Crippen LogP contribution in [-0.2, 0) is 0 Å². The maximum atomic E-state index is 6.13. The van der Waals surface area contributed by atoms with E-state index >= 15 is 0 Å². The van der Waals surface area contributed by atoms with Crippen LogP contribution in [0.4, 0.5) is 5.82 Å². The van der Waals surface area contributed by atoms with Gasteiger partial charge in [-0.3, -0.25) is 0 Å². The Balaban J connectivity index is 2.75. The number of benzene rings is 1. The van der Waals surface area contributed by atoms with Crippen LogP contribution >= 0.6 is 11.6 Å². The fourth-order valence-corrected chi connectivity index (χ4v) is 2.04. The van der Waals surface area contributed by atoms with Crippen molar-refractivity contribution in [3.05, 3.63) is 34.9 Å². The maximum Gasteiger partial charge on any atom is 0.129 e. The quantitative estimate of drug-likeness (QED) is 0.848. The third kappa shape index (κ3) is 1.85. The number of rotatable bonds is 2. The normalized spacial score (nSPS) is 11.1. The first-order chi connectivity index (χ1) is 7.63. The fraction of sp³-hybridized carbons (Fsp3) is 0.308. The molecule has 0 amide bonds. The Bertz CT molecular complexity index is 521. The van der Waals surface area contributed by atoms with E-state index in [0.29, 0.717) is 10.9 Å². The minimum atomic E-state index is 0.443. The van der Waals surface area contributed by atoms with Gasteiger partial charge in [-0.2, -0.15) is 0 Å². The van der Waals surface area contributed by atoms with Gasteiger partial charge in [-0.05, 0) is 23.6 Å². The average molecular weight is 235 g/mol. The van der Waals surface area contributed by atoms with E-state index in [1.165, 1.54) is 5.56 Å². The highest BCUT2D eigenvalue weighted by atomic mass is 35.5. The summed E-state index contributed by atoms with van der Waals surface area (Å²) in [7, 11) is 1.89. The van der Waals surface area contributed by atoms with E-state index in [9.17, 15) is 0 Å². The number of para-hydroxylation sites is 1. The van der Waals surface area contributed by atoms with Crippen LogP contribution in [0.5, 0.6) is 0 Å². The summed E-state index contributed by atoms with van der Waals surface area (Å²) in [6.07, 6.45) is 0. The molecule has 1 heterocycles. The van der Waals surface area contributed by atoms with E-state index in [1.807, 2.05) is 25.2 Å². The fourth-order valence-electron chi connectivity index (χ4n) is 1.82. The van der Waals surface area contributed by atoms with E-state index in [4.69, 9.17) is 11.6 Å². The molecule has 0 saturated carbocycles. The van der Waals surface area contributed by atoms with Gasteiger partial charge in [0, 0.05) is 12.4 Å². The van der Waals surface area contributed by atoms with Crippen LogP contribution in [0.15, 0.2) is 24.3 Å². The minimum absolute atomic E-state index is 0.443. The molecule has 0 aliphatic rings. The standard InChI is InChI=1S/C13H15ClN2/c1-8(2)10-7-9-5-4-6-11(14)12(9)16-13(10)15-3/h4-8H,1-3H3,(H,15,16). The molecule has 2 aromatic rings. The Hall–Kier alpha value is -1.28. The second-order valence-electron chi connectivity index (χ2n) is 4.14. The monoisotopic (exact) mass is 234 g/mol. The highest BCUT2D eigenvalue weighted by molar-refractivity contribution is 6.35. The van der Waals surface area contributed by atoms with Gasteiger partial charge in [0.15, 0.2) is 0 Å². The van der Waals surface area contributed by atoms with Gasteiger partial charge < -0.3 is 5.32 Å². The summed E-state index contributed by atoms with van der Waals surface area (Å²) >= 11 is 6.13. The lowest BCUT2D eigenvalue weighted by atomic mass is 10.0. The summed E-state index contributed by atoms with van der Waals surface area (Å²) in [4.78, 5) is 4.57. The average Bonchev–Trinajstić information content (AvgIpc) is 2.28. The van der Waals surface area contributed by atoms with Crippen LogP contribution in [0.1, 0.15) is 25.3 Å². The highest BCUT2D eigenvalue weighted by Crippen LogP contribution is 2.29. The summed E-state index contributed by atoms with van der Waals surface area (Å²) in [5.74, 6) is 1.36. The Morgan fingerprint density at radius 1 is 1.31 bits per heavy atom. The van der Waals surface area contributed by atoms with Crippen LogP contribution in [0, 0.1) is 0 Å². The van der Waals surface area contributed by atoms with Gasteiger partial charge in [0.2, 0.25) is 0 Å². The molecule has 1 N–H and O–H groups in total. The Kier molecular flexibility index (Phi) is 3.01. The predicted molar refractivity (Wildman–Crippen MR) is 70.4 cm³/mol. The van der Waals surface area contributed by atoms with Gasteiger partial charge in [0.1, 0.15) is 5.82 Å². The zero-order valence-corrected chi connectivity index (χ0v) is 10.5. The molecular formula is C13H15ClN2. The van der Waals surface area contributed by atoms with Crippen molar-refractivity contribution in [2.75, 3.05) is 12.4 Å². The Morgan fingerprint density at radius 3 is 2.69 bits per heavy atom. The molecule has 0 saturated heterocycles. The Morgan fingerprint density at radius 2 is 2.06 bits per heavy atom. The zero-order valence-electron chi connectivity index (χ0n) is 9.71. The number of hydrogen-bond acceptors (Lipinski definition) is 2. The lowest BCUT2D eigenvalue weighted by molar-refractivity contribution is 0.864. The van der Waals surface area contributed by atoms with Crippen LogP contribution in [0.2, 0.25) is 5.02 Å². The molecule has 16 heavy (non-hydrogen) atoms. The smallest absolute Gasteiger partial charge is 0.129 e. The molecule has 2 nitrogen and oxygen atoms in total. The van der Waals surface area contributed by atoms with Crippen molar-refractivity contribution in [1.29, 1.82) is 0 Å². The first kappa shape index (κ1) is 11.2. The van der Waals surface area contributed by atoms with Crippen LogP contribution in [-0.4, -0.2) is 12.0 Å². The van der Waals surface area contributed by atoms with Gasteiger partial charge in [0.05, 0.1) is 10.5 Å². The van der Waals surface area contributed by atoms with Crippen molar-refractivity contribution in [2.24, 2.45) is 0 Å². The minimum Gasteiger partial charge on any atom is -0.373 e. The molecule has 1 aromatic heterocycles. The van der Waals surface area contributed by atoms with Crippen molar-refractivity contribution >= 4 is 28.3 Å². The molecule has 84 valence electrons. The number of hydrogen-bond donors (Lipinski definition) is 1. The molecule has 0 radical (unpaired) electrons. The van der Waals surface area contributed by atoms with Crippen LogP contribution in [0.3, 0.4) is 0 Å². The number of nitrogens with zero attached hydrogens (tertiary/aromatic N) is 1. The maximum absolute atomic E-state index is 6.13. The zero-order chi connectivity index (χ0) is 11.7. The third-order valence-corrected chi connectivity index (χ3v) is 2.99. The summed E-state index contributed by atoms with van der Waals surface area (Å²) in [6.45, 7) is 4.32. The van der Waals surface area contributed by atoms with Crippen molar-refractivity contribution < 1.29 is 0 Å². The largest absolute Gasteiger partial charge is 0.373 e. The molecule has 0 aliphatic carbocycles. The van der Waals surface area contributed by atoms with E-state index in [0.717, 1.165) is 16.7 Å². The van der Waals surface area contributed by atoms with Crippen molar-refractivity contribution in [1.82, 2.24) is 4.98 Å². The number of pyridine rings is 1. The number of aromatic nitrogens is 1. The van der Waals surface area contributed by atoms with Crippen LogP contribution < -0.4 is 5.32 Å². The first-order valence-electron chi connectivity index (χ1n) is 5.40. The molecule has 3 heteroatoms. The van der Waals surface area contributed by atoms with E-state index in [1.54, 1.807) is 0 Å². The molecule has 0 aliphatic heterocycles. The lowest BCUT2D eigenvalue weighted by Crippen LogP contribution is -2.01. The van der Waals surface area contributed by atoms with Gasteiger partial charge >= 0.3 is 0 Å². The summed E-state index contributed by atoms with van der Waals surface area (Å²) in [5.41, 5.74) is 2.08. The number of anilines is 1. The van der Waals surface area contributed by atoms with Gasteiger partial charge in [0.25, 0.3) is 0 Å². The molecular weight excluding hydrogens is 220 g/mol. The topological polar surface area (TPSA) is 24.9 Å². The van der Waals surface area contributed by atoms with Crippen molar-refractivity contribution in [3.63, 3.8) is 0 Å². The molecule has 0 spiro atoms. The van der Waals surface area contributed by atoms with Gasteiger partial charge in [-0.15, -0.1) is 0 Å². The van der Waals surface area contributed by atoms with E-state index in [2.05, 4.69) is 30.2 Å². The van der Waals surface area contributed by atoms with Crippen molar-refractivity contribution in [3.8, 4) is 0 Å². The number of fused-ring (bicyclic) bond motifs is 1. The van der Waals surface area contributed by atoms with Crippen LogP contribution in [0.25, 0.3) is 10.9 Å². The molecule has 0 fully saturated rings. The summed E-state index contributed by atoms with van der Waals surface area (Å²) in [5, 5.41) is 4.92. The van der Waals surface area contributed by atoms with Gasteiger partial charge in [-0.25, -0.2) is 4.98 Å². The molecule has 2 rings (SSSR count). The first-order valence-corrected chi connectivity index (χ1v) is 5.78. The summed E-state index contributed by atoms with van der Waals surface area (Å²) < 4.78 is 0. The lowest BCUT2D eigenvalue weighted by Gasteiger charge is -2.13. The predicted octanol–water partition coefficient (Wildman–Crippen LogP) is 4.05. The number of halogens is 1. The second-order valence-corrected chi connectivity index (χ2v) is 4.55. The summed E-state index contributed by atoms with van der Waals surface area (Å²) in [6, 6.07) is 8.02. The van der Waals surface area contributed by atoms with Crippen molar-refractivity contribution in [2.45, 2.75) is 19.8 Å². The molecule has 0 unspecified atom stereocenters.